The summed E-state index contributed by atoms with van der Waals surface area (Å²) in [6.45, 7) is 7.34. The molecule has 5 rings (SSSR count). The molecule has 9 atom stereocenters. The maximum Gasteiger partial charge on any atom is 0.303 e. The van der Waals surface area contributed by atoms with E-state index < -0.39 is 23.2 Å². The molecule has 1 saturated heterocycles. The highest BCUT2D eigenvalue weighted by atomic mass is 19.1. The molecule has 5 aliphatic rings. The molecule has 4 aliphatic carbocycles. The van der Waals surface area contributed by atoms with Crippen LogP contribution in [-0.4, -0.2) is 42.0 Å². The van der Waals surface area contributed by atoms with Crippen LogP contribution in [0.25, 0.3) is 0 Å². The number of allylic oxidation sites excluding steroid dienone is 2. The van der Waals surface area contributed by atoms with Crippen LogP contribution < -0.4 is 0 Å². The van der Waals surface area contributed by atoms with Crippen molar-refractivity contribution in [1.29, 1.82) is 0 Å². The Balaban J connectivity index is 1.51. The predicted octanol–water partition coefficient (Wildman–Crippen LogP) is 3.37. The van der Waals surface area contributed by atoms with Crippen LogP contribution in [0.3, 0.4) is 0 Å². The number of Topliss-reactive ketones (excluding diaryl/α,β-unsaturated/α-hetero) is 1. The van der Waals surface area contributed by atoms with Gasteiger partial charge in [-0.15, -0.1) is 0 Å². The number of rotatable bonds is 3. The van der Waals surface area contributed by atoms with Crippen LogP contribution in [0.15, 0.2) is 23.8 Å². The van der Waals surface area contributed by atoms with E-state index in [2.05, 4.69) is 13.8 Å². The van der Waals surface area contributed by atoms with Gasteiger partial charge in [0.25, 0.3) is 0 Å². The number of carbonyl (C=O) groups is 3. The van der Waals surface area contributed by atoms with E-state index in [0.29, 0.717) is 12.0 Å². The first kappa shape index (κ1) is 20.1. The minimum atomic E-state index is -1.18. The van der Waals surface area contributed by atoms with E-state index in [4.69, 9.17) is 9.47 Å². The number of halogens is 1. The maximum atomic E-state index is 15.4. The summed E-state index contributed by atoms with van der Waals surface area (Å²) in [5.74, 6) is -0.603. The second kappa shape index (κ2) is 6.12. The second-order valence-corrected chi connectivity index (χ2v) is 10.5. The highest BCUT2D eigenvalue weighted by molar-refractivity contribution is 6.01. The minimum absolute atomic E-state index is 0.00905. The molecular weight excluding hydrogens is 387 g/mol. The third-order valence-corrected chi connectivity index (χ3v) is 9.03. The zero-order valence-electron chi connectivity index (χ0n) is 17.9. The summed E-state index contributed by atoms with van der Waals surface area (Å²) in [4.78, 5) is 36.2. The van der Waals surface area contributed by atoms with Crippen LogP contribution in [0.1, 0.15) is 47.0 Å². The van der Waals surface area contributed by atoms with E-state index in [1.165, 1.54) is 13.0 Å². The fourth-order valence-electron chi connectivity index (χ4n) is 7.95. The number of epoxide rings is 1. The van der Waals surface area contributed by atoms with Gasteiger partial charge in [-0.2, -0.15) is 0 Å². The number of ether oxygens (including phenoxy) is 2. The van der Waals surface area contributed by atoms with Gasteiger partial charge in [0.1, 0.15) is 18.4 Å². The molecule has 0 unspecified atom stereocenters. The molecule has 0 amide bonds. The van der Waals surface area contributed by atoms with Crippen molar-refractivity contribution in [3.63, 3.8) is 0 Å². The van der Waals surface area contributed by atoms with E-state index in [1.54, 1.807) is 6.08 Å². The number of hydrogen-bond donors (Lipinski definition) is 0. The maximum absolute atomic E-state index is 15.4. The molecule has 0 aromatic carbocycles. The number of fused-ring (bicyclic) bond motifs is 3. The number of hydrogen-bond acceptors (Lipinski definition) is 5. The second-order valence-electron chi connectivity index (χ2n) is 10.5. The monoisotopic (exact) mass is 416 g/mol. The van der Waals surface area contributed by atoms with E-state index >= 15 is 4.39 Å². The van der Waals surface area contributed by atoms with Gasteiger partial charge < -0.3 is 9.47 Å². The van der Waals surface area contributed by atoms with Crippen molar-refractivity contribution in [1.82, 2.24) is 0 Å². The molecular formula is C24H29FO5. The molecule has 0 bridgehead atoms. The summed E-state index contributed by atoms with van der Waals surface area (Å²) < 4.78 is 26.8. The van der Waals surface area contributed by atoms with Gasteiger partial charge in [-0.3, -0.25) is 14.4 Å². The van der Waals surface area contributed by atoms with Crippen molar-refractivity contribution >= 4 is 17.5 Å². The molecule has 6 heteroatoms. The van der Waals surface area contributed by atoms with Crippen molar-refractivity contribution in [2.75, 3.05) is 6.61 Å². The Hall–Kier alpha value is -1.82. The Bertz CT molecular complexity index is 907. The summed E-state index contributed by atoms with van der Waals surface area (Å²) in [7, 11) is 0. The summed E-state index contributed by atoms with van der Waals surface area (Å²) in [5.41, 5.74) is -0.877. The largest absolute Gasteiger partial charge is 0.458 e. The molecule has 1 heterocycles. The average Bonchev–Trinajstić information content (AvgIpc) is 3.31. The topological polar surface area (TPSA) is 73.0 Å². The summed E-state index contributed by atoms with van der Waals surface area (Å²) in [6.07, 6.45) is 5.52. The van der Waals surface area contributed by atoms with Gasteiger partial charge >= 0.3 is 5.97 Å². The van der Waals surface area contributed by atoms with Crippen molar-refractivity contribution in [2.24, 2.45) is 34.5 Å². The zero-order chi connectivity index (χ0) is 21.6. The number of carbonyl (C=O) groups excluding carboxylic acids is 3. The first-order valence-electron chi connectivity index (χ1n) is 11.0. The van der Waals surface area contributed by atoms with Crippen LogP contribution in [-0.2, 0) is 23.9 Å². The Morgan fingerprint density at radius 2 is 2.00 bits per heavy atom. The Morgan fingerprint density at radius 1 is 1.27 bits per heavy atom. The third-order valence-electron chi connectivity index (χ3n) is 9.03. The van der Waals surface area contributed by atoms with Crippen LogP contribution in [0.5, 0.6) is 0 Å². The van der Waals surface area contributed by atoms with E-state index in [9.17, 15) is 14.4 Å². The molecule has 1 aliphatic heterocycles. The van der Waals surface area contributed by atoms with Gasteiger partial charge in [-0.05, 0) is 67.1 Å². The number of esters is 1. The summed E-state index contributed by atoms with van der Waals surface area (Å²) in [5, 5.41) is 0. The number of ketones is 2. The lowest BCUT2D eigenvalue weighted by molar-refractivity contribution is -0.149. The van der Waals surface area contributed by atoms with Gasteiger partial charge in [0.2, 0.25) is 0 Å². The SMILES string of the molecule is CC(=O)OCC(=O)[C@H]1[C@@H](C)C[C@H]2[C@@H]3C[C@H](F)C4=CC(=O)C=C[C@]4(C)[C@@]34O[C@H]4C[C@@]21C. The van der Waals surface area contributed by atoms with Gasteiger partial charge in [-0.1, -0.05) is 19.9 Å². The van der Waals surface area contributed by atoms with Gasteiger partial charge in [0.15, 0.2) is 11.6 Å². The number of alkyl halides is 1. The molecule has 4 fully saturated rings. The van der Waals surface area contributed by atoms with Crippen molar-refractivity contribution < 1.29 is 28.2 Å². The third kappa shape index (κ3) is 2.34. The molecule has 5 nitrogen and oxygen atoms in total. The van der Waals surface area contributed by atoms with Gasteiger partial charge in [0, 0.05) is 18.3 Å². The smallest absolute Gasteiger partial charge is 0.303 e. The van der Waals surface area contributed by atoms with Gasteiger partial charge in [-0.25, -0.2) is 4.39 Å². The van der Waals surface area contributed by atoms with Crippen LogP contribution >= 0.6 is 0 Å². The first-order valence-corrected chi connectivity index (χ1v) is 11.0. The highest BCUT2D eigenvalue weighted by Crippen LogP contribution is 2.76. The fraction of sp³-hybridized carbons (Fsp3) is 0.708. The van der Waals surface area contributed by atoms with Crippen molar-refractivity contribution in [2.45, 2.75) is 64.8 Å². The predicted molar refractivity (Wildman–Crippen MR) is 106 cm³/mol. The average molecular weight is 416 g/mol. The summed E-state index contributed by atoms with van der Waals surface area (Å²) in [6, 6.07) is 0. The van der Waals surface area contributed by atoms with Crippen LogP contribution in [0.2, 0.25) is 0 Å². The molecule has 0 radical (unpaired) electrons. The van der Waals surface area contributed by atoms with Crippen LogP contribution in [0, 0.1) is 34.5 Å². The Labute approximate surface area is 176 Å². The molecule has 3 saturated carbocycles. The molecule has 0 N–H and O–H groups in total. The standard InChI is InChI=1S/C24H29FO5/c1-12-7-15-16-9-18(25)17-8-14(27)5-6-23(17,4)24(16)20(30-24)10-22(15,3)21(12)19(28)11-29-13(2)26/h5-6,8,12,15-16,18,20-21H,7,9-11H2,1-4H3/t12-,15-,16-,18-,20-,21+,22-,23-,24+/m0/s1. The van der Waals surface area contributed by atoms with E-state index in [1.807, 2.05) is 13.0 Å². The minimum Gasteiger partial charge on any atom is -0.458 e. The lowest BCUT2D eigenvalue weighted by Crippen LogP contribution is -2.59. The molecule has 162 valence electrons. The van der Waals surface area contributed by atoms with Crippen molar-refractivity contribution in [3.8, 4) is 0 Å². The molecule has 30 heavy (non-hydrogen) atoms. The lowest BCUT2D eigenvalue weighted by Gasteiger charge is -2.55. The van der Waals surface area contributed by atoms with E-state index in [0.717, 1.165) is 12.8 Å². The summed E-state index contributed by atoms with van der Waals surface area (Å²) >= 11 is 0. The quantitative estimate of drug-likeness (QED) is 0.521. The van der Waals surface area contributed by atoms with Crippen LogP contribution in [0.4, 0.5) is 4.39 Å². The fourth-order valence-corrected chi connectivity index (χ4v) is 7.95. The lowest BCUT2D eigenvalue weighted by atomic mass is 9.47. The first-order chi connectivity index (χ1) is 14.0. The van der Waals surface area contributed by atoms with E-state index in [-0.39, 0.29) is 53.4 Å². The zero-order valence-corrected chi connectivity index (χ0v) is 17.9. The normalized spacial score (nSPS) is 50.6. The molecule has 0 aromatic rings. The Kier molecular flexibility index (Phi) is 4.10. The van der Waals surface area contributed by atoms with Gasteiger partial charge in [0.05, 0.1) is 6.10 Å². The molecule has 1 spiro atoms. The highest BCUT2D eigenvalue weighted by Gasteiger charge is 2.80. The van der Waals surface area contributed by atoms with Crippen molar-refractivity contribution in [3.05, 3.63) is 23.8 Å². The Morgan fingerprint density at radius 3 is 2.70 bits per heavy atom. The molecule has 0 aromatic heterocycles.